The minimum atomic E-state index is -3.89. The number of nitrogens with two attached hydrogens (primary N) is 1. The van der Waals surface area contributed by atoms with E-state index in [-0.39, 0.29) is 34.7 Å². The van der Waals surface area contributed by atoms with Crippen LogP contribution in [0, 0.1) is 13.8 Å². The summed E-state index contributed by atoms with van der Waals surface area (Å²) < 4.78 is 33.1. The van der Waals surface area contributed by atoms with E-state index < -0.39 is 15.6 Å². The lowest BCUT2D eigenvalue weighted by molar-refractivity contribution is -0.126. The monoisotopic (exact) mass is 394 g/mol. The van der Waals surface area contributed by atoms with Gasteiger partial charge >= 0.3 is 0 Å². The van der Waals surface area contributed by atoms with E-state index >= 15 is 0 Å². The first-order valence-electron chi connectivity index (χ1n) is 8.27. The number of carbonyl (C=O) groups is 1. The maximum atomic E-state index is 12.8. The third kappa shape index (κ3) is 4.93. The van der Waals surface area contributed by atoms with Gasteiger partial charge in [-0.2, -0.15) is 4.72 Å². The van der Waals surface area contributed by atoms with Crippen LogP contribution in [0.3, 0.4) is 0 Å². The topological polar surface area (TPSA) is 127 Å². The van der Waals surface area contributed by atoms with Crippen molar-refractivity contribution < 1.29 is 17.7 Å². The first kappa shape index (κ1) is 21.9. The highest BCUT2D eigenvalue weighted by Gasteiger charge is 2.45. The quantitative estimate of drug-likeness (QED) is 0.567. The van der Waals surface area contributed by atoms with Gasteiger partial charge in [0.1, 0.15) is 16.1 Å². The molecule has 0 unspecified atom stereocenters. The van der Waals surface area contributed by atoms with Gasteiger partial charge in [-0.15, -0.1) is 12.4 Å². The van der Waals surface area contributed by atoms with E-state index in [1.54, 1.807) is 13.8 Å². The van der Waals surface area contributed by atoms with Crippen LogP contribution in [-0.2, 0) is 14.8 Å². The van der Waals surface area contributed by atoms with Gasteiger partial charge in [-0.3, -0.25) is 4.79 Å². The lowest BCUT2D eigenvalue weighted by Gasteiger charge is -2.28. The Labute approximate surface area is 154 Å². The van der Waals surface area contributed by atoms with Crippen molar-refractivity contribution in [2.75, 3.05) is 13.1 Å². The molecule has 1 aliphatic carbocycles. The first-order valence-corrected chi connectivity index (χ1v) is 9.76. The lowest BCUT2D eigenvalue weighted by atomic mass is 9.98. The molecule has 0 atom stereocenters. The van der Waals surface area contributed by atoms with E-state index in [9.17, 15) is 13.2 Å². The summed E-state index contributed by atoms with van der Waals surface area (Å²) in [5.74, 6) is -0.0520. The van der Waals surface area contributed by atoms with Gasteiger partial charge in [0.05, 0.1) is 0 Å². The van der Waals surface area contributed by atoms with Crippen LogP contribution in [0.4, 0.5) is 0 Å². The number of nitrogens with one attached hydrogen (secondary N) is 2. The number of halogens is 1. The number of aryl methyl sites for hydroxylation is 2. The number of sulfonamides is 1. The Hall–Kier alpha value is -1.16. The Morgan fingerprint density at radius 3 is 2.44 bits per heavy atom. The second-order valence-electron chi connectivity index (χ2n) is 6.30. The predicted molar refractivity (Wildman–Crippen MR) is 96.0 cm³/mol. The first-order chi connectivity index (χ1) is 11.3. The van der Waals surface area contributed by atoms with Crippen LogP contribution in [0.1, 0.15) is 50.0 Å². The van der Waals surface area contributed by atoms with Crippen LogP contribution in [0.25, 0.3) is 0 Å². The van der Waals surface area contributed by atoms with Gasteiger partial charge in [-0.25, -0.2) is 8.42 Å². The molecule has 8 nitrogen and oxygen atoms in total. The van der Waals surface area contributed by atoms with Crippen LogP contribution < -0.4 is 15.8 Å². The number of rotatable bonds is 8. The van der Waals surface area contributed by atoms with Crippen molar-refractivity contribution in [2.45, 2.75) is 62.8 Å². The third-order valence-corrected chi connectivity index (χ3v) is 6.15. The summed E-state index contributed by atoms with van der Waals surface area (Å²) in [6, 6.07) is 0. The fraction of sp³-hybridized carbons (Fsp3) is 0.733. The number of hydrogen-bond donors (Lipinski definition) is 3. The van der Waals surface area contributed by atoms with E-state index in [0.717, 1.165) is 25.7 Å². The van der Waals surface area contributed by atoms with Crippen LogP contribution in [0.15, 0.2) is 9.42 Å². The maximum absolute atomic E-state index is 12.8. The van der Waals surface area contributed by atoms with Crippen molar-refractivity contribution in [1.82, 2.24) is 15.2 Å². The number of nitrogens with zero attached hydrogens (tertiary/aromatic N) is 1. The summed E-state index contributed by atoms with van der Waals surface area (Å²) >= 11 is 0. The Balaban J connectivity index is 0.00000312. The van der Waals surface area contributed by atoms with Gasteiger partial charge in [0.2, 0.25) is 15.9 Å². The van der Waals surface area contributed by atoms with Crippen molar-refractivity contribution in [3.05, 3.63) is 11.5 Å². The predicted octanol–water partition coefficient (Wildman–Crippen LogP) is 1.16. The molecule has 144 valence electrons. The Bertz CT molecular complexity index is 664. The summed E-state index contributed by atoms with van der Waals surface area (Å²) in [6.07, 6.45) is 4.17. The van der Waals surface area contributed by atoms with Crippen molar-refractivity contribution in [3.8, 4) is 0 Å². The summed E-state index contributed by atoms with van der Waals surface area (Å²) in [5.41, 5.74) is 4.63. The normalized spacial score (nSPS) is 16.4. The summed E-state index contributed by atoms with van der Waals surface area (Å²) in [4.78, 5) is 12.7. The zero-order valence-electron chi connectivity index (χ0n) is 14.6. The van der Waals surface area contributed by atoms with Crippen LogP contribution >= 0.6 is 12.4 Å². The maximum Gasteiger partial charge on any atom is 0.246 e. The molecule has 0 radical (unpaired) electrons. The van der Waals surface area contributed by atoms with Gasteiger partial charge < -0.3 is 15.6 Å². The highest BCUT2D eigenvalue weighted by atomic mass is 35.5. The van der Waals surface area contributed by atoms with E-state index in [0.29, 0.717) is 25.9 Å². The molecule has 1 saturated carbocycles. The molecule has 1 fully saturated rings. The molecule has 0 aliphatic heterocycles. The third-order valence-electron chi connectivity index (χ3n) is 4.37. The zero-order valence-corrected chi connectivity index (χ0v) is 16.3. The Morgan fingerprint density at radius 2 is 1.92 bits per heavy atom. The molecule has 25 heavy (non-hydrogen) atoms. The van der Waals surface area contributed by atoms with E-state index in [1.807, 2.05) is 0 Å². The van der Waals surface area contributed by atoms with Crippen molar-refractivity contribution >= 4 is 28.3 Å². The van der Waals surface area contributed by atoms with Gasteiger partial charge in [0.15, 0.2) is 5.76 Å². The highest BCUT2D eigenvalue weighted by molar-refractivity contribution is 7.89. The molecular formula is C15H27ClN4O4S. The minimum Gasteiger partial charge on any atom is -0.360 e. The number of amides is 1. The lowest BCUT2D eigenvalue weighted by Crippen LogP contribution is -2.57. The average Bonchev–Trinajstić information content (AvgIpc) is 3.11. The molecule has 4 N–H and O–H groups in total. The Kier molecular flexibility index (Phi) is 7.86. The summed E-state index contributed by atoms with van der Waals surface area (Å²) in [6.45, 7) is 4.17. The number of aromatic nitrogens is 1. The molecule has 2 rings (SSSR count). The molecule has 1 aromatic heterocycles. The number of carbonyl (C=O) groups excluding carboxylic acids is 1. The fourth-order valence-corrected chi connectivity index (χ4v) is 4.92. The zero-order chi connectivity index (χ0) is 17.8. The van der Waals surface area contributed by atoms with Crippen molar-refractivity contribution in [2.24, 2.45) is 5.73 Å². The van der Waals surface area contributed by atoms with E-state index in [1.165, 1.54) is 0 Å². The molecule has 1 amide bonds. The second-order valence-corrected chi connectivity index (χ2v) is 7.92. The van der Waals surface area contributed by atoms with E-state index in [2.05, 4.69) is 15.2 Å². The molecule has 0 saturated heterocycles. The second kappa shape index (κ2) is 8.98. The molecule has 1 aromatic rings. The van der Waals surface area contributed by atoms with Gasteiger partial charge in [-0.05, 0) is 46.1 Å². The molecule has 0 spiro atoms. The minimum absolute atomic E-state index is 0. The van der Waals surface area contributed by atoms with E-state index in [4.69, 9.17) is 10.3 Å². The molecule has 0 aromatic carbocycles. The summed E-state index contributed by atoms with van der Waals surface area (Å²) in [5, 5.41) is 6.52. The standard InChI is InChI=1S/C15H26N4O4S.ClH/c1-11-13(12(2)23-18-11)24(21,22)19-15(7-3-4-8-15)14(20)17-10-6-5-9-16;/h19H,3-10,16H2,1-2H3,(H,17,20);1H. The van der Waals surface area contributed by atoms with Crippen molar-refractivity contribution in [1.29, 1.82) is 0 Å². The number of unbranched alkanes of at least 4 members (excludes halogenated alkanes) is 1. The highest BCUT2D eigenvalue weighted by Crippen LogP contribution is 2.32. The van der Waals surface area contributed by atoms with Gasteiger partial charge in [0.25, 0.3) is 0 Å². The summed E-state index contributed by atoms with van der Waals surface area (Å²) in [7, 11) is -3.89. The SMILES string of the molecule is Cc1noc(C)c1S(=O)(=O)NC1(C(=O)NCCCCN)CCCC1.Cl. The molecular weight excluding hydrogens is 368 g/mol. The van der Waals surface area contributed by atoms with Gasteiger partial charge in [0, 0.05) is 6.54 Å². The van der Waals surface area contributed by atoms with Crippen molar-refractivity contribution in [3.63, 3.8) is 0 Å². The van der Waals surface area contributed by atoms with Crippen LogP contribution in [-0.4, -0.2) is 38.1 Å². The van der Waals surface area contributed by atoms with Crippen LogP contribution in [0.5, 0.6) is 0 Å². The molecule has 10 heteroatoms. The molecule has 1 heterocycles. The average molecular weight is 395 g/mol. The smallest absolute Gasteiger partial charge is 0.246 e. The number of hydrogen-bond acceptors (Lipinski definition) is 6. The fourth-order valence-electron chi connectivity index (χ4n) is 3.16. The van der Waals surface area contributed by atoms with Crippen LogP contribution in [0.2, 0.25) is 0 Å². The van der Waals surface area contributed by atoms with Gasteiger partial charge in [-0.1, -0.05) is 18.0 Å². The largest absolute Gasteiger partial charge is 0.360 e. The Morgan fingerprint density at radius 1 is 1.28 bits per heavy atom. The molecule has 1 aliphatic rings. The molecule has 0 bridgehead atoms.